The zero-order chi connectivity index (χ0) is 20.8. The van der Waals surface area contributed by atoms with Gasteiger partial charge in [-0.15, -0.1) is 0 Å². The van der Waals surface area contributed by atoms with Crippen molar-refractivity contribution in [3.8, 4) is 0 Å². The molecular weight excluding hydrogens is 394 g/mol. The highest BCUT2D eigenvalue weighted by Gasteiger charge is 2.46. The zero-order valence-corrected chi connectivity index (χ0v) is 17.4. The molecule has 5 heterocycles. The summed E-state index contributed by atoms with van der Waals surface area (Å²) in [7, 11) is 0. The molecule has 0 N–H and O–H groups in total. The highest BCUT2D eigenvalue weighted by molar-refractivity contribution is 5.94. The highest BCUT2D eigenvalue weighted by Crippen LogP contribution is 2.37. The van der Waals surface area contributed by atoms with Crippen molar-refractivity contribution in [1.82, 2.24) is 14.9 Å². The fourth-order valence-electron chi connectivity index (χ4n) is 4.83. The first-order valence-electron chi connectivity index (χ1n) is 10.9. The second-order valence-electron chi connectivity index (χ2n) is 8.64. The number of aromatic nitrogens is 2. The number of hydrogen-bond donors (Lipinski definition) is 0. The van der Waals surface area contributed by atoms with Crippen molar-refractivity contribution in [3.05, 3.63) is 48.2 Å². The number of piperazine rings is 1. The normalized spacial score (nSPS) is 20.5. The molecule has 0 atom stereocenters. The second-order valence-corrected chi connectivity index (χ2v) is 8.64. The second kappa shape index (κ2) is 7.23. The molecule has 1 amide bonds. The SMILES string of the molecule is O=C(c1ccc(N2CC3(CCCO3)C2)cc1)N1CCN(c2nc3ncccc3o2)CC1. The number of anilines is 2. The number of ether oxygens (including phenoxy) is 1. The van der Waals surface area contributed by atoms with Gasteiger partial charge in [-0.1, -0.05) is 0 Å². The van der Waals surface area contributed by atoms with Crippen LogP contribution in [0.5, 0.6) is 0 Å². The summed E-state index contributed by atoms with van der Waals surface area (Å²) in [5.74, 6) is 0.0737. The fourth-order valence-corrected chi connectivity index (χ4v) is 4.83. The van der Waals surface area contributed by atoms with Gasteiger partial charge in [0, 0.05) is 63.3 Å². The molecule has 3 saturated heterocycles. The first-order valence-corrected chi connectivity index (χ1v) is 10.9. The van der Waals surface area contributed by atoms with Gasteiger partial charge in [0.05, 0.1) is 0 Å². The van der Waals surface area contributed by atoms with Crippen LogP contribution in [0, 0.1) is 0 Å². The zero-order valence-electron chi connectivity index (χ0n) is 17.4. The van der Waals surface area contributed by atoms with E-state index in [0.29, 0.717) is 43.4 Å². The number of amides is 1. The van der Waals surface area contributed by atoms with Gasteiger partial charge in [0.1, 0.15) is 5.60 Å². The predicted octanol–water partition coefficient (Wildman–Crippen LogP) is 2.55. The van der Waals surface area contributed by atoms with Crippen molar-refractivity contribution in [1.29, 1.82) is 0 Å². The topological polar surface area (TPSA) is 74.9 Å². The smallest absolute Gasteiger partial charge is 0.300 e. The van der Waals surface area contributed by atoms with Crippen molar-refractivity contribution in [2.75, 3.05) is 55.7 Å². The Morgan fingerprint density at radius 2 is 1.81 bits per heavy atom. The van der Waals surface area contributed by atoms with Crippen LogP contribution in [0.4, 0.5) is 11.7 Å². The summed E-state index contributed by atoms with van der Waals surface area (Å²) in [5.41, 5.74) is 3.27. The van der Waals surface area contributed by atoms with Crippen molar-refractivity contribution < 1.29 is 13.9 Å². The molecule has 3 fully saturated rings. The minimum absolute atomic E-state index is 0.0737. The molecule has 0 aliphatic carbocycles. The minimum Gasteiger partial charge on any atom is -0.422 e. The number of hydrogen-bond acceptors (Lipinski definition) is 7. The number of carbonyl (C=O) groups is 1. The third-order valence-corrected chi connectivity index (χ3v) is 6.61. The molecule has 1 aromatic carbocycles. The van der Waals surface area contributed by atoms with Gasteiger partial charge in [0.2, 0.25) is 5.65 Å². The van der Waals surface area contributed by atoms with Gasteiger partial charge < -0.3 is 23.9 Å². The van der Waals surface area contributed by atoms with Crippen molar-refractivity contribution in [2.45, 2.75) is 18.4 Å². The number of benzene rings is 1. The Hall–Kier alpha value is -3.13. The Balaban J connectivity index is 1.07. The number of nitrogens with zero attached hydrogens (tertiary/aromatic N) is 5. The molecule has 0 saturated carbocycles. The number of fused-ring (bicyclic) bond motifs is 1. The molecule has 0 radical (unpaired) electrons. The monoisotopic (exact) mass is 419 g/mol. The number of rotatable bonds is 3. The molecule has 2 aromatic heterocycles. The average molecular weight is 419 g/mol. The molecule has 31 heavy (non-hydrogen) atoms. The van der Waals surface area contributed by atoms with E-state index in [4.69, 9.17) is 9.15 Å². The number of pyridine rings is 1. The van der Waals surface area contributed by atoms with Gasteiger partial charge in [-0.2, -0.15) is 4.98 Å². The lowest BCUT2D eigenvalue weighted by Gasteiger charge is -2.48. The summed E-state index contributed by atoms with van der Waals surface area (Å²) in [6.07, 6.45) is 4.03. The van der Waals surface area contributed by atoms with Gasteiger partial charge in [-0.05, 0) is 49.2 Å². The standard InChI is InChI=1S/C23H25N5O3/c29-21(17-4-6-18(7-5-17)28-15-23(16-28)8-2-14-30-23)26-10-12-27(13-11-26)22-25-20-19(31-22)3-1-9-24-20/h1,3-7,9H,2,8,10-16H2. The largest absolute Gasteiger partial charge is 0.422 e. The summed E-state index contributed by atoms with van der Waals surface area (Å²) in [6.45, 7) is 5.44. The Bertz CT molecular complexity index is 1060. The highest BCUT2D eigenvalue weighted by atomic mass is 16.5. The number of carbonyl (C=O) groups excluding carboxylic acids is 1. The van der Waals surface area contributed by atoms with E-state index in [0.717, 1.165) is 43.8 Å². The Labute approximate surface area is 180 Å². The molecule has 6 rings (SSSR count). The van der Waals surface area contributed by atoms with E-state index >= 15 is 0 Å². The lowest BCUT2D eigenvalue weighted by molar-refractivity contribution is -0.0180. The van der Waals surface area contributed by atoms with Gasteiger partial charge in [0.15, 0.2) is 5.58 Å². The average Bonchev–Trinajstić information content (AvgIpc) is 3.45. The minimum atomic E-state index is 0.0737. The summed E-state index contributed by atoms with van der Waals surface area (Å²) < 4.78 is 11.7. The van der Waals surface area contributed by atoms with Crippen LogP contribution in [-0.4, -0.2) is 72.3 Å². The number of oxazole rings is 1. The molecular formula is C23H25N5O3. The van der Waals surface area contributed by atoms with E-state index in [9.17, 15) is 4.79 Å². The summed E-state index contributed by atoms with van der Waals surface area (Å²) in [6, 6.07) is 12.3. The molecule has 0 unspecified atom stereocenters. The van der Waals surface area contributed by atoms with Crippen molar-refractivity contribution in [3.63, 3.8) is 0 Å². The summed E-state index contributed by atoms with van der Waals surface area (Å²) >= 11 is 0. The van der Waals surface area contributed by atoms with Crippen LogP contribution in [-0.2, 0) is 4.74 Å². The maximum absolute atomic E-state index is 13.0. The van der Waals surface area contributed by atoms with Crippen LogP contribution in [0.2, 0.25) is 0 Å². The van der Waals surface area contributed by atoms with Crippen LogP contribution in [0.15, 0.2) is 47.0 Å². The van der Waals surface area contributed by atoms with Crippen LogP contribution in [0.1, 0.15) is 23.2 Å². The lowest BCUT2D eigenvalue weighted by atomic mass is 9.90. The summed E-state index contributed by atoms with van der Waals surface area (Å²) in [4.78, 5) is 28.0. The summed E-state index contributed by atoms with van der Waals surface area (Å²) in [5, 5.41) is 0. The molecule has 3 aliphatic rings. The molecule has 8 heteroatoms. The van der Waals surface area contributed by atoms with Crippen LogP contribution < -0.4 is 9.80 Å². The molecule has 1 spiro atoms. The van der Waals surface area contributed by atoms with Crippen LogP contribution in [0.25, 0.3) is 11.2 Å². The Morgan fingerprint density at radius 1 is 1.00 bits per heavy atom. The van der Waals surface area contributed by atoms with Crippen molar-refractivity contribution >= 4 is 28.8 Å². The third kappa shape index (κ3) is 3.31. The maximum atomic E-state index is 13.0. The molecule has 3 aliphatic heterocycles. The van der Waals surface area contributed by atoms with Gasteiger partial charge in [0.25, 0.3) is 11.9 Å². The van der Waals surface area contributed by atoms with E-state index in [1.54, 1.807) is 6.20 Å². The Morgan fingerprint density at radius 3 is 2.52 bits per heavy atom. The van der Waals surface area contributed by atoms with Gasteiger partial charge in [-0.3, -0.25) is 4.79 Å². The van der Waals surface area contributed by atoms with Crippen LogP contribution >= 0.6 is 0 Å². The van der Waals surface area contributed by atoms with E-state index < -0.39 is 0 Å². The predicted molar refractivity (Wildman–Crippen MR) is 116 cm³/mol. The Kier molecular flexibility index (Phi) is 4.34. The molecule has 160 valence electrons. The van der Waals surface area contributed by atoms with E-state index in [-0.39, 0.29) is 11.5 Å². The quantitative estimate of drug-likeness (QED) is 0.646. The van der Waals surface area contributed by atoms with E-state index in [1.807, 2.05) is 29.2 Å². The molecule has 8 nitrogen and oxygen atoms in total. The first-order chi connectivity index (χ1) is 15.2. The maximum Gasteiger partial charge on any atom is 0.300 e. The third-order valence-electron chi connectivity index (χ3n) is 6.61. The van der Waals surface area contributed by atoms with E-state index in [1.165, 1.54) is 0 Å². The van der Waals surface area contributed by atoms with Gasteiger partial charge >= 0.3 is 0 Å². The van der Waals surface area contributed by atoms with Gasteiger partial charge in [-0.25, -0.2) is 4.98 Å². The molecule has 3 aromatic rings. The van der Waals surface area contributed by atoms with E-state index in [2.05, 4.69) is 31.9 Å². The van der Waals surface area contributed by atoms with Crippen molar-refractivity contribution in [2.24, 2.45) is 0 Å². The molecule has 0 bridgehead atoms. The first kappa shape index (κ1) is 18.6. The fraction of sp³-hybridized carbons (Fsp3) is 0.435. The lowest BCUT2D eigenvalue weighted by Crippen LogP contribution is -2.61. The van der Waals surface area contributed by atoms with Crippen LogP contribution in [0.3, 0.4) is 0 Å².